The van der Waals surface area contributed by atoms with E-state index in [4.69, 9.17) is 10.6 Å². The summed E-state index contributed by atoms with van der Waals surface area (Å²) < 4.78 is 7.35. The predicted molar refractivity (Wildman–Crippen MR) is 119 cm³/mol. The van der Waals surface area contributed by atoms with Crippen molar-refractivity contribution in [3.05, 3.63) is 57.0 Å². The maximum absolute atomic E-state index is 12.9. The number of rotatable bonds is 6. The number of carbonyl (C=O) groups is 1. The molecule has 1 aromatic carbocycles. The Kier molecular flexibility index (Phi) is 6.01. The van der Waals surface area contributed by atoms with Crippen molar-refractivity contribution >= 4 is 29.0 Å². The van der Waals surface area contributed by atoms with E-state index in [1.807, 2.05) is 43.9 Å². The van der Waals surface area contributed by atoms with Gasteiger partial charge in [0.25, 0.3) is 0 Å². The first-order valence-corrected chi connectivity index (χ1v) is 11.6. The molecule has 3 aromatic rings. The number of hydrogen-bond donors (Lipinski definition) is 1. The molecule has 0 saturated heterocycles. The Morgan fingerprint density at radius 3 is 2.83 bits per heavy atom. The van der Waals surface area contributed by atoms with E-state index in [1.54, 1.807) is 11.3 Å². The minimum Gasteiger partial charge on any atom is -0.485 e. The number of hydrogen-bond acceptors (Lipinski definition) is 7. The van der Waals surface area contributed by atoms with Crippen molar-refractivity contribution < 1.29 is 9.53 Å². The normalized spacial score (nSPS) is 14.4. The van der Waals surface area contributed by atoms with Crippen molar-refractivity contribution in [1.29, 1.82) is 0 Å². The van der Waals surface area contributed by atoms with Crippen LogP contribution in [-0.4, -0.2) is 37.5 Å². The van der Waals surface area contributed by atoms with Crippen LogP contribution >= 0.6 is 23.1 Å². The predicted octanol–water partition coefficient (Wildman–Crippen LogP) is 3.31. The minimum absolute atomic E-state index is 0.0909. The number of fused-ring (bicyclic) bond motifs is 1. The molecule has 30 heavy (non-hydrogen) atoms. The van der Waals surface area contributed by atoms with Crippen LogP contribution in [0.5, 0.6) is 5.75 Å². The van der Waals surface area contributed by atoms with E-state index in [2.05, 4.69) is 21.6 Å². The van der Waals surface area contributed by atoms with Crippen LogP contribution in [0.25, 0.3) is 0 Å². The zero-order chi connectivity index (χ0) is 21.3. The molecule has 1 unspecified atom stereocenters. The number of nitrogen functional groups attached to an aromatic ring is 1. The van der Waals surface area contributed by atoms with Crippen molar-refractivity contribution in [2.24, 2.45) is 0 Å². The van der Waals surface area contributed by atoms with Crippen molar-refractivity contribution in [2.75, 3.05) is 12.4 Å². The molecule has 4 rings (SSSR count). The van der Waals surface area contributed by atoms with Crippen LogP contribution in [0.4, 0.5) is 0 Å². The highest BCUT2D eigenvalue weighted by molar-refractivity contribution is 8.00. The maximum Gasteiger partial charge on any atom is 0.236 e. The van der Waals surface area contributed by atoms with Gasteiger partial charge in [0.15, 0.2) is 5.82 Å². The molecule has 2 N–H and O–H groups in total. The molecule has 158 valence electrons. The Hall–Kier alpha value is -2.52. The summed E-state index contributed by atoms with van der Waals surface area (Å²) in [6, 6.07) is 8.11. The lowest BCUT2D eigenvalue weighted by Crippen LogP contribution is -2.39. The molecule has 0 bridgehead atoms. The molecule has 1 atom stereocenters. The largest absolute Gasteiger partial charge is 0.485 e. The zero-order valence-corrected chi connectivity index (χ0v) is 18.9. The van der Waals surface area contributed by atoms with Gasteiger partial charge in [-0.2, -0.15) is 0 Å². The fraction of sp³-hybridized carbons (Fsp3) is 0.381. The number of benzene rings is 1. The Bertz CT molecular complexity index is 1040. The number of aromatic nitrogens is 3. The lowest BCUT2D eigenvalue weighted by molar-refractivity contribution is -0.131. The van der Waals surface area contributed by atoms with E-state index in [1.165, 1.54) is 26.9 Å². The van der Waals surface area contributed by atoms with Crippen LogP contribution < -0.4 is 10.6 Å². The van der Waals surface area contributed by atoms with E-state index in [-0.39, 0.29) is 17.8 Å². The van der Waals surface area contributed by atoms with Crippen LogP contribution in [0.1, 0.15) is 34.3 Å². The summed E-state index contributed by atoms with van der Waals surface area (Å²) in [6.07, 6.45) is 0.920. The Labute approximate surface area is 184 Å². The van der Waals surface area contributed by atoms with Gasteiger partial charge in [0.2, 0.25) is 11.1 Å². The standard InChI is InChI=1S/C21H25N5O2S2/c1-13-5-4-6-14(2)19(13)28-12-18-23-24-21(26(18)22)30-15(3)20(27)25-9-7-17-16(11-25)8-10-29-17/h4-6,8,10,15H,7,9,11-12,22H2,1-3H3. The van der Waals surface area contributed by atoms with Gasteiger partial charge in [0, 0.05) is 18.0 Å². The van der Waals surface area contributed by atoms with Crippen LogP contribution in [0.15, 0.2) is 34.8 Å². The zero-order valence-electron chi connectivity index (χ0n) is 17.3. The van der Waals surface area contributed by atoms with Gasteiger partial charge < -0.3 is 15.5 Å². The van der Waals surface area contributed by atoms with Crippen molar-refractivity contribution in [3.63, 3.8) is 0 Å². The van der Waals surface area contributed by atoms with Gasteiger partial charge in [-0.15, -0.1) is 21.5 Å². The number of nitrogens with zero attached hydrogens (tertiary/aromatic N) is 4. The number of para-hydroxylation sites is 1. The summed E-state index contributed by atoms with van der Waals surface area (Å²) in [7, 11) is 0. The second-order valence-corrected chi connectivity index (χ2v) is 9.73. The van der Waals surface area contributed by atoms with Gasteiger partial charge >= 0.3 is 0 Å². The lowest BCUT2D eigenvalue weighted by atomic mass is 10.1. The van der Waals surface area contributed by atoms with E-state index in [9.17, 15) is 4.79 Å². The summed E-state index contributed by atoms with van der Waals surface area (Å²) in [6.45, 7) is 7.53. The lowest BCUT2D eigenvalue weighted by Gasteiger charge is -2.29. The summed E-state index contributed by atoms with van der Waals surface area (Å²) in [4.78, 5) is 16.2. The highest BCUT2D eigenvalue weighted by atomic mass is 32.2. The molecular formula is C21H25N5O2S2. The molecule has 1 amide bonds. The summed E-state index contributed by atoms with van der Waals surface area (Å²) >= 11 is 3.09. The highest BCUT2D eigenvalue weighted by Crippen LogP contribution is 2.28. The monoisotopic (exact) mass is 443 g/mol. The van der Waals surface area contributed by atoms with Crippen LogP contribution in [0, 0.1) is 13.8 Å². The summed E-state index contributed by atoms with van der Waals surface area (Å²) in [5.74, 6) is 7.62. The smallest absolute Gasteiger partial charge is 0.236 e. The molecule has 1 aliphatic heterocycles. The average Bonchev–Trinajstić information content (AvgIpc) is 3.33. The molecule has 0 radical (unpaired) electrons. The van der Waals surface area contributed by atoms with Gasteiger partial charge in [-0.05, 0) is 55.3 Å². The molecule has 9 heteroatoms. The number of nitrogens with two attached hydrogens (primary N) is 1. The van der Waals surface area contributed by atoms with Crippen molar-refractivity contribution in [1.82, 2.24) is 19.8 Å². The quantitative estimate of drug-likeness (QED) is 0.465. The number of ether oxygens (including phenoxy) is 1. The fourth-order valence-electron chi connectivity index (χ4n) is 3.55. The third-order valence-corrected chi connectivity index (χ3v) is 7.31. The number of carbonyl (C=O) groups excluding carboxylic acids is 1. The molecule has 3 heterocycles. The summed E-state index contributed by atoms with van der Waals surface area (Å²) in [5.41, 5.74) is 3.37. The van der Waals surface area contributed by atoms with Crippen molar-refractivity contribution in [2.45, 2.75) is 50.8 Å². The first kappa shape index (κ1) is 20.7. The first-order chi connectivity index (χ1) is 14.4. The molecule has 0 saturated carbocycles. The average molecular weight is 444 g/mol. The minimum atomic E-state index is -0.302. The third kappa shape index (κ3) is 4.17. The van der Waals surface area contributed by atoms with E-state index in [0.29, 0.717) is 17.5 Å². The number of thiophene rings is 1. The van der Waals surface area contributed by atoms with E-state index in [0.717, 1.165) is 29.8 Å². The highest BCUT2D eigenvalue weighted by Gasteiger charge is 2.27. The number of aryl methyl sites for hydroxylation is 2. The van der Waals surface area contributed by atoms with Gasteiger partial charge in [-0.3, -0.25) is 4.79 Å². The summed E-state index contributed by atoms with van der Waals surface area (Å²) in [5, 5.41) is 10.6. The molecule has 0 spiro atoms. The molecule has 0 aliphatic carbocycles. The van der Waals surface area contributed by atoms with Crippen LogP contribution in [0.2, 0.25) is 0 Å². The second-order valence-electron chi connectivity index (χ2n) is 7.42. The Morgan fingerprint density at radius 1 is 1.30 bits per heavy atom. The maximum atomic E-state index is 12.9. The van der Waals surface area contributed by atoms with Crippen LogP contribution in [0.3, 0.4) is 0 Å². The van der Waals surface area contributed by atoms with Crippen molar-refractivity contribution in [3.8, 4) is 5.75 Å². The molecule has 7 nitrogen and oxygen atoms in total. The number of thioether (sulfide) groups is 1. The molecular weight excluding hydrogens is 418 g/mol. The topological polar surface area (TPSA) is 86.3 Å². The SMILES string of the molecule is Cc1cccc(C)c1OCc1nnc(SC(C)C(=O)N2CCc3sccc3C2)n1N. The molecule has 0 fully saturated rings. The fourth-order valence-corrected chi connectivity index (χ4v) is 5.31. The van der Waals surface area contributed by atoms with Gasteiger partial charge in [0.05, 0.1) is 5.25 Å². The van der Waals surface area contributed by atoms with Gasteiger partial charge in [-0.1, -0.05) is 30.0 Å². The first-order valence-electron chi connectivity index (χ1n) is 9.83. The van der Waals surface area contributed by atoms with Gasteiger partial charge in [-0.25, -0.2) is 4.68 Å². The van der Waals surface area contributed by atoms with Gasteiger partial charge in [0.1, 0.15) is 12.4 Å². The molecule has 1 aliphatic rings. The van der Waals surface area contributed by atoms with Crippen LogP contribution in [-0.2, 0) is 24.4 Å². The Morgan fingerprint density at radius 2 is 2.07 bits per heavy atom. The Balaban J connectivity index is 1.38. The van der Waals surface area contributed by atoms with E-state index < -0.39 is 0 Å². The van der Waals surface area contributed by atoms with E-state index >= 15 is 0 Å². The number of amides is 1. The molecule has 2 aromatic heterocycles. The second kappa shape index (κ2) is 8.69. The third-order valence-electron chi connectivity index (χ3n) is 5.24.